The molecule has 1 N–H and O–H groups in total. The van der Waals surface area contributed by atoms with E-state index in [4.69, 9.17) is 4.74 Å². The fourth-order valence-corrected chi connectivity index (χ4v) is 2.90. The van der Waals surface area contributed by atoms with Gasteiger partial charge in [0.05, 0.1) is 10.9 Å². The van der Waals surface area contributed by atoms with E-state index >= 15 is 0 Å². The number of aryl methyl sites for hydroxylation is 2. The molecule has 0 atom stereocenters. The highest BCUT2D eigenvalue weighted by atomic mass is 16.5. The second-order valence-corrected chi connectivity index (χ2v) is 6.11. The number of aromatic nitrogens is 4. The standard InChI is InChI=1S/C19H16N4O3/c1-11-12(2)20-16-8-7-13(9-15(11)16)19(25)26-10-23-18(24)14-5-3-4-6-17(14)21-22-23/h3-9,20H,10H2,1-2H3. The first-order chi connectivity index (χ1) is 12.5. The second kappa shape index (κ2) is 6.11. The van der Waals surface area contributed by atoms with Crippen LogP contribution in [0.1, 0.15) is 21.6 Å². The van der Waals surface area contributed by atoms with E-state index < -0.39 is 5.97 Å². The lowest BCUT2D eigenvalue weighted by atomic mass is 10.1. The fraction of sp³-hybridized carbons (Fsp3) is 0.158. The van der Waals surface area contributed by atoms with Gasteiger partial charge in [0, 0.05) is 16.6 Å². The van der Waals surface area contributed by atoms with E-state index in [1.165, 1.54) is 0 Å². The molecule has 26 heavy (non-hydrogen) atoms. The predicted octanol–water partition coefficient (Wildman–Crippen LogP) is 2.70. The van der Waals surface area contributed by atoms with Crippen LogP contribution in [0.3, 0.4) is 0 Å². The normalized spacial score (nSPS) is 11.2. The van der Waals surface area contributed by atoms with Gasteiger partial charge in [0.25, 0.3) is 5.56 Å². The molecule has 0 saturated heterocycles. The van der Waals surface area contributed by atoms with Crippen LogP contribution in [-0.4, -0.2) is 25.9 Å². The van der Waals surface area contributed by atoms with Crippen molar-refractivity contribution < 1.29 is 9.53 Å². The Morgan fingerprint density at radius 3 is 2.81 bits per heavy atom. The Bertz CT molecular complexity index is 1210. The van der Waals surface area contributed by atoms with E-state index in [-0.39, 0.29) is 12.3 Å². The molecule has 0 aliphatic carbocycles. The van der Waals surface area contributed by atoms with Crippen molar-refractivity contribution in [1.82, 2.24) is 20.0 Å². The molecule has 7 nitrogen and oxygen atoms in total. The third-order valence-electron chi connectivity index (χ3n) is 4.49. The number of esters is 1. The van der Waals surface area contributed by atoms with Crippen LogP contribution in [-0.2, 0) is 11.5 Å². The highest BCUT2D eigenvalue weighted by molar-refractivity contribution is 5.96. The molecule has 0 saturated carbocycles. The first-order valence-electron chi connectivity index (χ1n) is 8.13. The highest BCUT2D eigenvalue weighted by Crippen LogP contribution is 2.22. The maximum absolute atomic E-state index is 12.4. The van der Waals surface area contributed by atoms with Crippen LogP contribution in [0.25, 0.3) is 21.8 Å². The Balaban J connectivity index is 1.58. The number of carbonyl (C=O) groups excluding carboxylic acids is 1. The summed E-state index contributed by atoms with van der Waals surface area (Å²) in [6.07, 6.45) is 0. The van der Waals surface area contributed by atoms with Gasteiger partial charge in [-0.1, -0.05) is 17.3 Å². The zero-order chi connectivity index (χ0) is 18.3. The summed E-state index contributed by atoms with van der Waals surface area (Å²) in [5, 5.41) is 9.18. The van der Waals surface area contributed by atoms with Crippen LogP contribution >= 0.6 is 0 Å². The van der Waals surface area contributed by atoms with Crippen molar-refractivity contribution in [2.24, 2.45) is 0 Å². The van der Waals surface area contributed by atoms with Gasteiger partial charge in [-0.05, 0) is 49.7 Å². The van der Waals surface area contributed by atoms with Crippen LogP contribution in [0.15, 0.2) is 47.3 Å². The molecule has 2 heterocycles. The molecule has 2 aromatic carbocycles. The van der Waals surface area contributed by atoms with Crippen molar-refractivity contribution in [3.8, 4) is 0 Å². The first kappa shape index (κ1) is 16.0. The van der Waals surface area contributed by atoms with E-state index in [1.54, 1.807) is 36.4 Å². The Kier molecular flexibility index (Phi) is 3.76. The third kappa shape index (κ3) is 2.63. The molecule has 0 spiro atoms. The topological polar surface area (TPSA) is 89.9 Å². The molecule has 0 fully saturated rings. The summed E-state index contributed by atoms with van der Waals surface area (Å²) in [5.74, 6) is -0.521. The molecule has 2 aromatic heterocycles. The van der Waals surface area contributed by atoms with Gasteiger partial charge in [-0.2, -0.15) is 4.68 Å². The van der Waals surface area contributed by atoms with E-state index in [9.17, 15) is 9.59 Å². The van der Waals surface area contributed by atoms with Gasteiger partial charge in [0.15, 0.2) is 6.73 Å². The van der Waals surface area contributed by atoms with Gasteiger partial charge < -0.3 is 9.72 Å². The van der Waals surface area contributed by atoms with Crippen LogP contribution < -0.4 is 5.56 Å². The molecule has 0 radical (unpaired) electrons. The number of aromatic amines is 1. The minimum Gasteiger partial charge on any atom is -0.439 e. The second-order valence-electron chi connectivity index (χ2n) is 6.11. The number of nitrogens with zero attached hydrogens (tertiary/aromatic N) is 3. The minimum absolute atomic E-state index is 0.293. The van der Waals surface area contributed by atoms with E-state index in [2.05, 4.69) is 15.3 Å². The van der Waals surface area contributed by atoms with E-state index in [0.717, 1.165) is 26.8 Å². The SMILES string of the molecule is Cc1[nH]c2ccc(C(=O)OCn3nnc4ccccc4c3=O)cc2c1C. The molecule has 4 rings (SSSR count). The number of ether oxygens (including phenoxy) is 1. The maximum atomic E-state index is 12.4. The Labute approximate surface area is 148 Å². The lowest BCUT2D eigenvalue weighted by Gasteiger charge is -2.07. The van der Waals surface area contributed by atoms with Crippen LogP contribution in [0.2, 0.25) is 0 Å². The summed E-state index contributed by atoms with van der Waals surface area (Å²) in [7, 11) is 0. The molecule has 0 aliphatic rings. The largest absolute Gasteiger partial charge is 0.439 e. The molecule has 130 valence electrons. The molecule has 0 unspecified atom stereocenters. The Morgan fingerprint density at radius 1 is 1.15 bits per heavy atom. The number of rotatable bonds is 3. The molecule has 4 aromatic rings. The van der Waals surface area contributed by atoms with Crippen molar-refractivity contribution in [3.05, 3.63) is 69.6 Å². The lowest BCUT2D eigenvalue weighted by Crippen LogP contribution is -2.26. The van der Waals surface area contributed by atoms with Crippen molar-refractivity contribution in [2.75, 3.05) is 0 Å². The Morgan fingerprint density at radius 2 is 1.96 bits per heavy atom. The quantitative estimate of drug-likeness (QED) is 0.575. The molecule has 0 amide bonds. The first-order valence-corrected chi connectivity index (χ1v) is 8.13. The highest BCUT2D eigenvalue weighted by Gasteiger charge is 2.12. The summed E-state index contributed by atoms with van der Waals surface area (Å²) >= 11 is 0. The third-order valence-corrected chi connectivity index (χ3v) is 4.49. The predicted molar refractivity (Wildman–Crippen MR) is 97.0 cm³/mol. The summed E-state index contributed by atoms with van der Waals surface area (Å²) < 4.78 is 6.28. The summed E-state index contributed by atoms with van der Waals surface area (Å²) in [6, 6.07) is 12.2. The molecule has 7 heteroatoms. The number of fused-ring (bicyclic) bond motifs is 2. The van der Waals surface area contributed by atoms with Gasteiger partial charge in [-0.25, -0.2) is 4.79 Å². The Hall–Kier alpha value is -3.48. The number of carbonyl (C=O) groups is 1. The lowest BCUT2D eigenvalue weighted by molar-refractivity contribution is 0.0336. The van der Waals surface area contributed by atoms with E-state index in [0.29, 0.717) is 16.5 Å². The average molecular weight is 348 g/mol. The monoisotopic (exact) mass is 348 g/mol. The van der Waals surface area contributed by atoms with Gasteiger partial charge in [-0.3, -0.25) is 4.79 Å². The van der Waals surface area contributed by atoms with Crippen LogP contribution in [0, 0.1) is 13.8 Å². The summed E-state index contributed by atoms with van der Waals surface area (Å²) in [4.78, 5) is 28.0. The number of hydrogen-bond donors (Lipinski definition) is 1. The van der Waals surface area contributed by atoms with Crippen molar-refractivity contribution in [2.45, 2.75) is 20.6 Å². The minimum atomic E-state index is -0.521. The fourth-order valence-electron chi connectivity index (χ4n) is 2.90. The average Bonchev–Trinajstić information content (AvgIpc) is 2.95. The smallest absolute Gasteiger partial charge is 0.339 e. The zero-order valence-corrected chi connectivity index (χ0v) is 14.3. The number of nitrogens with one attached hydrogen (secondary N) is 1. The summed E-state index contributed by atoms with van der Waals surface area (Å²) in [6.45, 7) is 3.68. The molecule has 0 aliphatic heterocycles. The van der Waals surface area contributed by atoms with Crippen molar-refractivity contribution in [1.29, 1.82) is 0 Å². The number of benzene rings is 2. The zero-order valence-electron chi connectivity index (χ0n) is 14.3. The van der Waals surface area contributed by atoms with Crippen molar-refractivity contribution >= 4 is 27.8 Å². The molecular weight excluding hydrogens is 332 g/mol. The van der Waals surface area contributed by atoms with Crippen LogP contribution in [0.5, 0.6) is 0 Å². The maximum Gasteiger partial charge on any atom is 0.339 e. The van der Waals surface area contributed by atoms with Gasteiger partial charge in [-0.15, -0.1) is 5.10 Å². The molecular formula is C19H16N4O3. The molecule has 0 bridgehead atoms. The number of H-pyrrole nitrogens is 1. The van der Waals surface area contributed by atoms with Gasteiger partial charge in [0.2, 0.25) is 0 Å². The van der Waals surface area contributed by atoms with Crippen molar-refractivity contribution in [3.63, 3.8) is 0 Å². The van der Waals surface area contributed by atoms with Gasteiger partial charge in [0.1, 0.15) is 5.52 Å². The van der Waals surface area contributed by atoms with E-state index in [1.807, 2.05) is 19.9 Å². The van der Waals surface area contributed by atoms with Crippen LogP contribution in [0.4, 0.5) is 0 Å². The van der Waals surface area contributed by atoms with Gasteiger partial charge >= 0.3 is 5.97 Å². The number of hydrogen-bond acceptors (Lipinski definition) is 5. The summed E-state index contributed by atoms with van der Waals surface area (Å²) in [5.41, 5.74) is 3.68.